The number of ether oxygens (including phenoxy) is 1. The molecule has 0 saturated carbocycles. The maximum Gasteiger partial charge on any atom is 0.268 e. The Morgan fingerprint density at radius 2 is 1.62 bits per heavy atom. The Morgan fingerprint density at radius 1 is 0.931 bits per heavy atom. The fourth-order valence-electron chi connectivity index (χ4n) is 3.53. The molecule has 0 aromatic heterocycles. The van der Waals surface area contributed by atoms with Crippen LogP contribution in [0, 0.1) is 0 Å². The molecule has 0 N–H and O–H groups in total. The smallest absolute Gasteiger partial charge is 0.268 e. The molecule has 0 aliphatic carbocycles. The molecule has 1 aliphatic rings. The van der Waals surface area contributed by atoms with Gasteiger partial charge in [0.15, 0.2) is 6.10 Å². The fraction of sp³-hybridized carbons (Fsp3) is 0.130. The molecule has 146 valence electrons. The molecule has 3 aromatic carbocycles. The van der Waals surface area contributed by atoms with Crippen molar-refractivity contribution < 1.29 is 14.3 Å². The third-order valence-electron chi connectivity index (χ3n) is 4.93. The topological polar surface area (TPSA) is 46.6 Å². The number of carbonyl (C=O) groups excluding carboxylic acids is 2. The van der Waals surface area contributed by atoms with Crippen molar-refractivity contribution in [2.75, 3.05) is 4.90 Å². The summed E-state index contributed by atoms with van der Waals surface area (Å²) in [5, 5.41) is 1.19. The minimum Gasteiger partial charge on any atom is -0.480 e. The van der Waals surface area contributed by atoms with Crippen molar-refractivity contribution in [2.45, 2.75) is 18.6 Å². The molecular weight excluding hydrogens is 409 g/mol. The number of nitrogens with zero attached hydrogens (tertiary/aromatic N) is 1. The number of halogens is 2. The van der Waals surface area contributed by atoms with E-state index in [2.05, 4.69) is 0 Å². The third-order valence-corrected chi connectivity index (χ3v) is 5.52. The highest BCUT2D eigenvalue weighted by atomic mass is 35.5. The summed E-state index contributed by atoms with van der Waals surface area (Å²) < 4.78 is 5.98. The van der Waals surface area contributed by atoms with Gasteiger partial charge in [0.25, 0.3) is 5.91 Å². The predicted molar refractivity (Wildman–Crippen MR) is 114 cm³/mol. The average Bonchev–Trinajstić information content (AvgIpc) is 3.05. The van der Waals surface area contributed by atoms with E-state index in [1.807, 2.05) is 36.4 Å². The first-order chi connectivity index (χ1) is 14.1. The summed E-state index contributed by atoms with van der Waals surface area (Å²) in [6.45, 7) is 0. The van der Waals surface area contributed by atoms with E-state index in [-0.39, 0.29) is 11.9 Å². The highest BCUT2D eigenvalue weighted by Crippen LogP contribution is 2.41. The second-order valence-corrected chi connectivity index (χ2v) is 7.59. The van der Waals surface area contributed by atoms with Crippen molar-refractivity contribution in [2.24, 2.45) is 0 Å². The molecule has 1 aliphatic heterocycles. The summed E-state index contributed by atoms with van der Waals surface area (Å²) in [5.74, 6) is 0.376. The number of aldehydes is 1. The zero-order valence-electron chi connectivity index (χ0n) is 15.3. The molecule has 1 saturated heterocycles. The summed E-state index contributed by atoms with van der Waals surface area (Å²) in [6.07, 6.45) is 0.537. The summed E-state index contributed by atoms with van der Waals surface area (Å²) >= 11 is 12.5. The Labute approximate surface area is 178 Å². The number of anilines is 1. The second kappa shape index (κ2) is 8.27. The quantitative estimate of drug-likeness (QED) is 0.490. The van der Waals surface area contributed by atoms with Crippen molar-refractivity contribution in [3.63, 3.8) is 0 Å². The molecular formula is C23H17Cl2NO3. The molecule has 0 bridgehead atoms. The van der Waals surface area contributed by atoms with Gasteiger partial charge in [-0.2, -0.15) is 0 Å². The van der Waals surface area contributed by atoms with Crippen LogP contribution in [0.15, 0.2) is 72.8 Å². The van der Waals surface area contributed by atoms with Gasteiger partial charge in [-0.15, -0.1) is 0 Å². The van der Waals surface area contributed by atoms with Crippen molar-refractivity contribution >= 4 is 41.1 Å². The van der Waals surface area contributed by atoms with Gasteiger partial charge in [-0.25, -0.2) is 0 Å². The molecule has 3 aromatic rings. The standard InChI is InChI=1S/C23H17Cl2NO3/c24-16-7-9-17(10-8-16)26-21(19-3-1-2-4-20(19)25)13-22(23(26)28)29-18-11-5-15(14-27)6-12-18/h1-12,14,21-22H,13H2. The molecule has 4 nitrogen and oxygen atoms in total. The van der Waals surface area contributed by atoms with E-state index >= 15 is 0 Å². The van der Waals surface area contributed by atoms with Gasteiger partial charge in [0.1, 0.15) is 12.0 Å². The molecule has 29 heavy (non-hydrogen) atoms. The van der Waals surface area contributed by atoms with Gasteiger partial charge in [-0.1, -0.05) is 41.4 Å². The number of rotatable bonds is 5. The molecule has 6 heteroatoms. The normalized spacial score (nSPS) is 18.7. The van der Waals surface area contributed by atoms with Gasteiger partial charge in [-0.05, 0) is 60.2 Å². The van der Waals surface area contributed by atoms with Crippen LogP contribution < -0.4 is 9.64 Å². The molecule has 2 atom stereocenters. The highest BCUT2D eigenvalue weighted by molar-refractivity contribution is 6.31. The van der Waals surface area contributed by atoms with E-state index in [9.17, 15) is 9.59 Å². The summed E-state index contributed by atoms with van der Waals surface area (Å²) in [7, 11) is 0. The number of carbonyl (C=O) groups is 2. The Kier molecular flexibility index (Phi) is 5.56. The minimum absolute atomic E-state index is 0.156. The summed E-state index contributed by atoms with van der Waals surface area (Å²) in [6, 6.07) is 21.0. The number of amides is 1. The van der Waals surface area contributed by atoms with Gasteiger partial charge in [0, 0.05) is 27.7 Å². The van der Waals surface area contributed by atoms with Crippen LogP contribution in [-0.2, 0) is 4.79 Å². The lowest BCUT2D eigenvalue weighted by molar-refractivity contribution is -0.122. The van der Waals surface area contributed by atoms with Gasteiger partial charge in [-0.3, -0.25) is 9.59 Å². The van der Waals surface area contributed by atoms with Crippen molar-refractivity contribution in [3.8, 4) is 5.75 Å². The van der Waals surface area contributed by atoms with E-state index in [0.717, 1.165) is 17.5 Å². The Bertz CT molecular complexity index is 1030. The third kappa shape index (κ3) is 4.00. The van der Waals surface area contributed by atoms with Crippen LogP contribution in [0.2, 0.25) is 10.0 Å². The molecule has 1 heterocycles. The van der Waals surface area contributed by atoms with Gasteiger partial charge < -0.3 is 9.64 Å². The van der Waals surface area contributed by atoms with Crippen LogP contribution >= 0.6 is 23.2 Å². The monoisotopic (exact) mass is 425 g/mol. The van der Waals surface area contributed by atoms with Crippen LogP contribution in [0.3, 0.4) is 0 Å². The largest absolute Gasteiger partial charge is 0.480 e. The number of hydrogen-bond acceptors (Lipinski definition) is 3. The van der Waals surface area contributed by atoms with E-state index in [0.29, 0.717) is 27.8 Å². The lowest BCUT2D eigenvalue weighted by atomic mass is 10.0. The van der Waals surface area contributed by atoms with E-state index < -0.39 is 6.10 Å². The predicted octanol–water partition coefficient (Wildman–Crippen LogP) is 5.73. The molecule has 0 spiro atoms. The highest BCUT2D eigenvalue weighted by Gasteiger charge is 2.43. The average molecular weight is 426 g/mol. The Balaban J connectivity index is 1.68. The first-order valence-electron chi connectivity index (χ1n) is 9.12. The van der Waals surface area contributed by atoms with Crippen LogP contribution in [0.4, 0.5) is 5.69 Å². The molecule has 0 radical (unpaired) electrons. The van der Waals surface area contributed by atoms with Crippen molar-refractivity contribution in [1.82, 2.24) is 0 Å². The fourth-order valence-corrected chi connectivity index (χ4v) is 3.91. The summed E-state index contributed by atoms with van der Waals surface area (Å²) in [5.41, 5.74) is 2.14. The molecule has 4 rings (SSSR count). The number of benzene rings is 3. The second-order valence-electron chi connectivity index (χ2n) is 6.75. The maximum absolute atomic E-state index is 13.3. The van der Waals surface area contributed by atoms with Gasteiger partial charge in [0.2, 0.25) is 0 Å². The lowest BCUT2D eigenvalue weighted by Gasteiger charge is -2.25. The minimum atomic E-state index is -0.672. The first-order valence-corrected chi connectivity index (χ1v) is 9.87. The van der Waals surface area contributed by atoms with Crippen LogP contribution in [0.25, 0.3) is 0 Å². The summed E-state index contributed by atoms with van der Waals surface area (Å²) in [4.78, 5) is 25.8. The zero-order valence-corrected chi connectivity index (χ0v) is 16.8. The van der Waals surface area contributed by atoms with E-state index in [1.165, 1.54) is 0 Å². The molecule has 1 amide bonds. The van der Waals surface area contributed by atoms with E-state index in [4.69, 9.17) is 27.9 Å². The van der Waals surface area contributed by atoms with Crippen molar-refractivity contribution in [1.29, 1.82) is 0 Å². The SMILES string of the molecule is O=Cc1ccc(OC2CC(c3ccccc3Cl)N(c3ccc(Cl)cc3)C2=O)cc1. The number of hydrogen-bond donors (Lipinski definition) is 0. The Morgan fingerprint density at radius 3 is 2.28 bits per heavy atom. The van der Waals surface area contributed by atoms with Crippen LogP contribution in [0.5, 0.6) is 5.75 Å². The van der Waals surface area contributed by atoms with Crippen LogP contribution in [-0.4, -0.2) is 18.3 Å². The zero-order chi connectivity index (χ0) is 20.4. The lowest BCUT2D eigenvalue weighted by Crippen LogP contribution is -2.33. The first kappa shape index (κ1) is 19.5. The molecule has 2 unspecified atom stereocenters. The van der Waals surface area contributed by atoms with Gasteiger partial charge in [0.05, 0.1) is 6.04 Å². The Hall–Kier alpha value is -2.82. The van der Waals surface area contributed by atoms with E-state index in [1.54, 1.807) is 41.3 Å². The van der Waals surface area contributed by atoms with Crippen molar-refractivity contribution in [3.05, 3.63) is 94.0 Å². The van der Waals surface area contributed by atoms with Gasteiger partial charge >= 0.3 is 0 Å². The van der Waals surface area contributed by atoms with Crippen LogP contribution in [0.1, 0.15) is 28.4 Å². The molecule has 1 fully saturated rings. The maximum atomic E-state index is 13.3.